The van der Waals surface area contributed by atoms with E-state index in [1.165, 1.54) is 22.3 Å². The third-order valence-corrected chi connectivity index (χ3v) is 6.90. The van der Waals surface area contributed by atoms with Gasteiger partial charge in [0.15, 0.2) is 0 Å². The number of benzene rings is 1. The second-order valence-corrected chi connectivity index (χ2v) is 8.80. The maximum atomic E-state index is 13.2. The third-order valence-electron chi connectivity index (χ3n) is 6.90. The van der Waals surface area contributed by atoms with Gasteiger partial charge in [0, 0.05) is 38.6 Å². The molecule has 0 saturated carbocycles. The predicted molar refractivity (Wildman–Crippen MR) is 116 cm³/mol. The summed E-state index contributed by atoms with van der Waals surface area (Å²) in [5.41, 5.74) is 5.48. The third kappa shape index (κ3) is 4.95. The number of aliphatic hydroxyl groups is 1. The molecule has 1 aromatic rings. The lowest BCUT2D eigenvalue weighted by molar-refractivity contribution is -0.138. The summed E-state index contributed by atoms with van der Waals surface area (Å²) < 4.78 is 6.00. The molecular formula is C24H38N2O3. The van der Waals surface area contributed by atoms with Gasteiger partial charge in [-0.2, -0.15) is 0 Å². The van der Waals surface area contributed by atoms with Crippen molar-refractivity contribution in [2.24, 2.45) is 11.8 Å². The van der Waals surface area contributed by atoms with Gasteiger partial charge in [-0.1, -0.05) is 13.8 Å². The van der Waals surface area contributed by atoms with E-state index in [0.717, 1.165) is 64.2 Å². The first-order valence-electron chi connectivity index (χ1n) is 11.3. The van der Waals surface area contributed by atoms with Crippen LogP contribution in [0.25, 0.3) is 0 Å². The molecule has 0 bridgehead atoms. The fourth-order valence-electron chi connectivity index (χ4n) is 4.94. The minimum atomic E-state index is 0.0486. The van der Waals surface area contributed by atoms with E-state index in [1.54, 1.807) is 0 Å². The number of nitrogens with zero attached hydrogens (tertiary/aromatic N) is 2. The van der Waals surface area contributed by atoms with E-state index in [1.807, 2.05) is 4.90 Å². The van der Waals surface area contributed by atoms with Gasteiger partial charge >= 0.3 is 0 Å². The Kier molecular flexibility index (Phi) is 7.58. The molecule has 1 heterocycles. The zero-order valence-electron chi connectivity index (χ0n) is 18.7. The highest BCUT2D eigenvalue weighted by Crippen LogP contribution is 2.38. The summed E-state index contributed by atoms with van der Waals surface area (Å²) in [4.78, 5) is 17.4. The first-order valence-corrected chi connectivity index (χ1v) is 11.3. The van der Waals surface area contributed by atoms with Crippen LogP contribution in [0.15, 0.2) is 6.07 Å². The second kappa shape index (κ2) is 9.94. The van der Waals surface area contributed by atoms with E-state index in [9.17, 15) is 4.79 Å². The minimum absolute atomic E-state index is 0.0486. The molecule has 0 unspecified atom stereocenters. The number of hydrogen-bond donors (Lipinski definition) is 1. The molecule has 5 heteroatoms. The van der Waals surface area contributed by atoms with Crippen LogP contribution in [0.4, 0.5) is 0 Å². The van der Waals surface area contributed by atoms with Crippen molar-refractivity contribution in [3.05, 3.63) is 28.3 Å². The smallest absolute Gasteiger partial charge is 0.225 e. The summed E-state index contributed by atoms with van der Waals surface area (Å²) in [5, 5.41) is 9.11. The van der Waals surface area contributed by atoms with Crippen molar-refractivity contribution in [3.8, 4) is 5.75 Å². The number of β-amino-alcohol motifs (C(OH)–C–C–N with tert-alkyl or cyclic N) is 1. The number of hydrogen-bond acceptors (Lipinski definition) is 4. The zero-order chi connectivity index (χ0) is 21.0. The van der Waals surface area contributed by atoms with E-state index in [-0.39, 0.29) is 12.5 Å². The van der Waals surface area contributed by atoms with Gasteiger partial charge in [-0.15, -0.1) is 0 Å². The van der Waals surface area contributed by atoms with E-state index in [0.29, 0.717) is 18.4 Å². The van der Waals surface area contributed by atoms with Crippen LogP contribution in [0, 0.1) is 25.7 Å². The Bertz CT molecular complexity index is 711. The van der Waals surface area contributed by atoms with Gasteiger partial charge in [0.2, 0.25) is 5.91 Å². The van der Waals surface area contributed by atoms with Gasteiger partial charge < -0.3 is 14.7 Å². The van der Waals surface area contributed by atoms with Crippen LogP contribution in [-0.2, 0) is 17.6 Å². The molecule has 1 aliphatic heterocycles. The van der Waals surface area contributed by atoms with Crippen LogP contribution < -0.4 is 4.74 Å². The number of carbonyl (C=O) groups is 1. The first kappa shape index (κ1) is 22.1. The predicted octanol–water partition coefficient (Wildman–Crippen LogP) is 2.97. The Balaban J connectivity index is 1.68. The number of fused-ring (bicyclic) bond motifs is 1. The largest absolute Gasteiger partial charge is 0.493 e. The lowest BCUT2D eigenvalue weighted by Gasteiger charge is -2.38. The first-order chi connectivity index (χ1) is 14.0. The van der Waals surface area contributed by atoms with Crippen LogP contribution in [0.2, 0.25) is 0 Å². The zero-order valence-corrected chi connectivity index (χ0v) is 18.7. The SMILES string of the molecule is CCCOc1cc(C)c2c(c1C)C[C@H]([C@H](C)C(=O)N1CCN(CCO)CC1)CC2. The Hall–Kier alpha value is -1.59. The Morgan fingerprint density at radius 1 is 1.24 bits per heavy atom. The highest BCUT2D eigenvalue weighted by Gasteiger charge is 2.33. The van der Waals surface area contributed by atoms with E-state index in [2.05, 4.69) is 38.7 Å². The Morgan fingerprint density at radius 3 is 2.62 bits per heavy atom. The van der Waals surface area contributed by atoms with Gasteiger partial charge in [-0.3, -0.25) is 9.69 Å². The monoisotopic (exact) mass is 402 g/mol. The summed E-state index contributed by atoms with van der Waals surface area (Å²) in [6.45, 7) is 13.6. The summed E-state index contributed by atoms with van der Waals surface area (Å²) in [5.74, 6) is 1.76. The molecule has 2 atom stereocenters. The van der Waals surface area contributed by atoms with Crippen molar-refractivity contribution in [2.75, 3.05) is 45.9 Å². The van der Waals surface area contributed by atoms with Crippen molar-refractivity contribution < 1.29 is 14.6 Å². The van der Waals surface area contributed by atoms with Crippen LogP contribution >= 0.6 is 0 Å². The maximum absolute atomic E-state index is 13.2. The molecule has 29 heavy (non-hydrogen) atoms. The average molecular weight is 403 g/mol. The number of rotatable bonds is 7. The molecule has 2 aliphatic rings. The molecule has 1 amide bonds. The number of aryl methyl sites for hydroxylation is 1. The average Bonchev–Trinajstić information content (AvgIpc) is 2.74. The highest BCUT2D eigenvalue weighted by molar-refractivity contribution is 5.79. The Morgan fingerprint density at radius 2 is 1.97 bits per heavy atom. The van der Waals surface area contributed by atoms with Crippen LogP contribution in [0.5, 0.6) is 5.75 Å². The summed E-state index contributed by atoms with van der Waals surface area (Å²) in [6.07, 6.45) is 4.13. The fourth-order valence-corrected chi connectivity index (χ4v) is 4.94. The number of carbonyl (C=O) groups excluding carboxylic acids is 1. The maximum Gasteiger partial charge on any atom is 0.225 e. The highest BCUT2D eigenvalue weighted by atomic mass is 16.5. The van der Waals surface area contributed by atoms with Gasteiger partial charge in [0.1, 0.15) is 5.75 Å². The molecule has 1 aromatic carbocycles. The van der Waals surface area contributed by atoms with Crippen molar-refractivity contribution in [1.29, 1.82) is 0 Å². The fraction of sp³-hybridized carbons (Fsp3) is 0.708. The molecule has 3 rings (SSSR count). The topological polar surface area (TPSA) is 53.0 Å². The molecule has 162 valence electrons. The van der Waals surface area contributed by atoms with Gasteiger partial charge in [0.05, 0.1) is 13.2 Å². The number of aliphatic hydroxyl groups excluding tert-OH is 1. The molecule has 1 N–H and O–H groups in total. The van der Waals surface area contributed by atoms with Crippen molar-refractivity contribution in [3.63, 3.8) is 0 Å². The summed E-state index contributed by atoms with van der Waals surface area (Å²) in [7, 11) is 0. The molecule has 0 aromatic heterocycles. The van der Waals surface area contributed by atoms with Gasteiger partial charge in [-0.25, -0.2) is 0 Å². The standard InChI is InChI=1S/C24H38N2O3/c1-5-14-29-23-15-17(2)21-7-6-20(16-22(21)19(23)4)18(3)24(28)26-10-8-25(9-11-26)12-13-27/h15,18,20,27H,5-14,16H2,1-4H3/t18-,20+/m0/s1. The van der Waals surface area contributed by atoms with E-state index >= 15 is 0 Å². The van der Waals surface area contributed by atoms with Gasteiger partial charge in [-0.05, 0) is 73.8 Å². The van der Waals surface area contributed by atoms with Crippen LogP contribution in [0.3, 0.4) is 0 Å². The quantitative estimate of drug-likeness (QED) is 0.762. The summed E-state index contributed by atoms with van der Waals surface area (Å²) >= 11 is 0. The molecule has 1 saturated heterocycles. The Labute approximate surface area is 176 Å². The molecular weight excluding hydrogens is 364 g/mol. The number of ether oxygens (including phenoxy) is 1. The molecule has 0 spiro atoms. The van der Waals surface area contributed by atoms with E-state index in [4.69, 9.17) is 9.84 Å². The molecule has 5 nitrogen and oxygen atoms in total. The lowest BCUT2D eigenvalue weighted by Crippen LogP contribution is -2.51. The van der Waals surface area contributed by atoms with Crippen LogP contribution in [0.1, 0.15) is 48.9 Å². The normalized spacial score (nSPS) is 21.0. The van der Waals surface area contributed by atoms with Crippen molar-refractivity contribution in [2.45, 2.75) is 53.4 Å². The lowest BCUT2D eigenvalue weighted by atomic mass is 9.74. The number of piperazine rings is 1. The van der Waals surface area contributed by atoms with Gasteiger partial charge in [0.25, 0.3) is 0 Å². The number of amides is 1. The molecule has 0 radical (unpaired) electrons. The van der Waals surface area contributed by atoms with Crippen molar-refractivity contribution in [1.82, 2.24) is 9.80 Å². The van der Waals surface area contributed by atoms with Crippen molar-refractivity contribution >= 4 is 5.91 Å². The second-order valence-electron chi connectivity index (χ2n) is 8.80. The molecule has 1 fully saturated rings. The molecule has 1 aliphatic carbocycles. The minimum Gasteiger partial charge on any atom is -0.493 e. The summed E-state index contributed by atoms with van der Waals surface area (Å²) in [6, 6.07) is 2.20. The van der Waals surface area contributed by atoms with E-state index < -0.39 is 0 Å². The van der Waals surface area contributed by atoms with Crippen LogP contribution in [-0.4, -0.2) is 66.8 Å².